The maximum absolute atomic E-state index is 12.2. The highest BCUT2D eigenvalue weighted by Gasteiger charge is 2.26. The normalized spacial score (nSPS) is 13.0. The summed E-state index contributed by atoms with van der Waals surface area (Å²) in [5.41, 5.74) is 1.26. The van der Waals surface area contributed by atoms with Gasteiger partial charge in [-0.2, -0.15) is 0 Å². The molecular formula is C18H18ClNO4. The van der Waals surface area contributed by atoms with Crippen molar-refractivity contribution in [3.8, 4) is 0 Å². The van der Waals surface area contributed by atoms with Gasteiger partial charge in [-0.3, -0.25) is 4.79 Å². The Morgan fingerprint density at radius 2 is 1.75 bits per heavy atom. The molecule has 0 fully saturated rings. The lowest BCUT2D eigenvalue weighted by Gasteiger charge is -2.19. The molecule has 2 rings (SSSR count). The maximum Gasteiger partial charge on any atom is 0.328 e. The lowest BCUT2D eigenvalue weighted by atomic mass is 10.0. The molecule has 2 aromatic rings. The number of esters is 1. The highest BCUT2D eigenvalue weighted by atomic mass is 35.5. The molecule has 0 radical (unpaired) electrons. The second-order valence-electron chi connectivity index (χ2n) is 5.23. The standard InChI is InChI=1S/C18H18ClNO4/c1-24-18(23)15(11-12-7-9-14(19)10-8-12)20-17(22)16(21)13-5-3-2-4-6-13/h2-10,15-16,21H,11H2,1H3,(H,20,22)/t15-,16-/m0/s1. The van der Waals surface area contributed by atoms with E-state index in [1.807, 2.05) is 0 Å². The summed E-state index contributed by atoms with van der Waals surface area (Å²) in [7, 11) is 1.25. The Morgan fingerprint density at radius 1 is 1.12 bits per heavy atom. The molecule has 2 N–H and O–H groups in total. The highest BCUT2D eigenvalue weighted by Crippen LogP contribution is 2.14. The number of benzene rings is 2. The van der Waals surface area contributed by atoms with E-state index in [4.69, 9.17) is 16.3 Å². The first-order chi connectivity index (χ1) is 11.5. The molecule has 5 nitrogen and oxygen atoms in total. The van der Waals surface area contributed by atoms with E-state index in [1.54, 1.807) is 54.6 Å². The van der Waals surface area contributed by atoms with E-state index < -0.39 is 24.0 Å². The zero-order valence-corrected chi connectivity index (χ0v) is 13.9. The van der Waals surface area contributed by atoms with Gasteiger partial charge in [0.1, 0.15) is 6.04 Å². The summed E-state index contributed by atoms with van der Waals surface area (Å²) in [5.74, 6) is -1.25. The number of rotatable bonds is 6. The number of nitrogens with one attached hydrogen (secondary N) is 1. The molecule has 0 aliphatic carbocycles. The Labute approximate surface area is 145 Å². The van der Waals surface area contributed by atoms with Crippen molar-refractivity contribution in [3.63, 3.8) is 0 Å². The number of carbonyl (C=O) groups is 2. The molecule has 6 heteroatoms. The number of aliphatic hydroxyl groups is 1. The minimum Gasteiger partial charge on any atom is -0.467 e. The van der Waals surface area contributed by atoms with E-state index in [2.05, 4.69) is 5.32 Å². The first-order valence-corrected chi connectivity index (χ1v) is 7.74. The van der Waals surface area contributed by atoms with Crippen molar-refractivity contribution in [2.75, 3.05) is 7.11 Å². The molecule has 24 heavy (non-hydrogen) atoms. The average molecular weight is 348 g/mol. The smallest absolute Gasteiger partial charge is 0.328 e. The van der Waals surface area contributed by atoms with Crippen LogP contribution >= 0.6 is 11.6 Å². The van der Waals surface area contributed by atoms with E-state index in [0.717, 1.165) is 5.56 Å². The van der Waals surface area contributed by atoms with Gasteiger partial charge in [0.05, 0.1) is 7.11 Å². The monoisotopic (exact) mass is 347 g/mol. The third kappa shape index (κ3) is 4.81. The fourth-order valence-corrected chi connectivity index (χ4v) is 2.36. The summed E-state index contributed by atoms with van der Waals surface area (Å²) < 4.78 is 4.73. The second-order valence-corrected chi connectivity index (χ2v) is 5.66. The molecule has 2 aromatic carbocycles. The lowest BCUT2D eigenvalue weighted by molar-refractivity contribution is -0.146. The van der Waals surface area contributed by atoms with Crippen molar-refractivity contribution in [2.24, 2.45) is 0 Å². The fraction of sp³-hybridized carbons (Fsp3) is 0.222. The van der Waals surface area contributed by atoms with Crippen LogP contribution < -0.4 is 5.32 Å². The largest absolute Gasteiger partial charge is 0.467 e. The molecular weight excluding hydrogens is 330 g/mol. The molecule has 2 atom stereocenters. The van der Waals surface area contributed by atoms with Crippen molar-refractivity contribution >= 4 is 23.5 Å². The Morgan fingerprint density at radius 3 is 2.33 bits per heavy atom. The molecule has 0 aliphatic heterocycles. The van der Waals surface area contributed by atoms with E-state index in [1.165, 1.54) is 7.11 Å². The summed E-state index contributed by atoms with van der Waals surface area (Å²) in [4.78, 5) is 24.2. The van der Waals surface area contributed by atoms with Gasteiger partial charge in [-0.05, 0) is 23.3 Å². The van der Waals surface area contributed by atoms with Crippen molar-refractivity contribution in [2.45, 2.75) is 18.6 Å². The van der Waals surface area contributed by atoms with Crippen LogP contribution in [0.3, 0.4) is 0 Å². The number of ether oxygens (including phenoxy) is 1. The van der Waals surface area contributed by atoms with Gasteiger partial charge < -0.3 is 15.2 Å². The zero-order chi connectivity index (χ0) is 17.5. The van der Waals surface area contributed by atoms with Gasteiger partial charge in [0.25, 0.3) is 5.91 Å². The number of halogens is 1. The molecule has 0 unspecified atom stereocenters. The summed E-state index contributed by atoms with van der Waals surface area (Å²) in [6.07, 6.45) is -1.12. The highest BCUT2D eigenvalue weighted by molar-refractivity contribution is 6.30. The first kappa shape index (κ1) is 18.0. The van der Waals surface area contributed by atoms with Crippen LogP contribution in [0.5, 0.6) is 0 Å². The van der Waals surface area contributed by atoms with Gasteiger partial charge in [0.15, 0.2) is 6.10 Å². The summed E-state index contributed by atoms with van der Waals surface area (Å²) >= 11 is 5.84. The average Bonchev–Trinajstić information content (AvgIpc) is 2.62. The van der Waals surface area contributed by atoms with Gasteiger partial charge in [0.2, 0.25) is 0 Å². The van der Waals surface area contributed by atoms with Crippen LogP contribution in [-0.2, 0) is 20.7 Å². The van der Waals surface area contributed by atoms with Crippen LogP contribution in [0.4, 0.5) is 0 Å². The Kier molecular flexibility index (Phi) is 6.35. The Balaban J connectivity index is 2.09. The van der Waals surface area contributed by atoms with Crippen molar-refractivity contribution in [3.05, 3.63) is 70.7 Å². The van der Waals surface area contributed by atoms with E-state index in [0.29, 0.717) is 10.6 Å². The number of hydrogen-bond donors (Lipinski definition) is 2. The van der Waals surface area contributed by atoms with E-state index in [9.17, 15) is 14.7 Å². The minimum absolute atomic E-state index is 0.233. The van der Waals surface area contributed by atoms with Gasteiger partial charge in [-0.15, -0.1) is 0 Å². The maximum atomic E-state index is 12.2. The summed E-state index contributed by atoms with van der Waals surface area (Å²) in [6.45, 7) is 0. The second kappa shape index (κ2) is 8.47. The molecule has 0 spiro atoms. The van der Waals surface area contributed by atoms with Crippen LogP contribution in [0.15, 0.2) is 54.6 Å². The van der Waals surface area contributed by atoms with Crippen molar-refractivity contribution in [1.82, 2.24) is 5.32 Å². The van der Waals surface area contributed by atoms with Crippen molar-refractivity contribution in [1.29, 1.82) is 0 Å². The molecule has 0 aromatic heterocycles. The first-order valence-electron chi connectivity index (χ1n) is 7.37. The fourth-order valence-electron chi connectivity index (χ4n) is 2.23. The molecule has 0 saturated carbocycles. The number of amides is 1. The van der Waals surface area contributed by atoms with Gasteiger partial charge in [-0.25, -0.2) is 4.79 Å². The number of methoxy groups -OCH3 is 1. The molecule has 1 amide bonds. The van der Waals surface area contributed by atoms with Crippen LogP contribution in [0.2, 0.25) is 5.02 Å². The molecule has 0 bridgehead atoms. The molecule has 0 heterocycles. The lowest BCUT2D eigenvalue weighted by Crippen LogP contribution is -2.45. The predicted molar refractivity (Wildman–Crippen MR) is 90.5 cm³/mol. The van der Waals surface area contributed by atoms with Crippen LogP contribution in [-0.4, -0.2) is 30.1 Å². The summed E-state index contributed by atoms with van der Waals surface area (Å²) in [6, 6.07) is 14.5. The third-order valence-electron chi connectivity index (χ3n) is 3.52. The molecule has 0 aliphatic rings. The van der Waals surface area contributed by atoms with Gasteiger partial charge in [-0.1, -0.05) is 54.1 Å². The van der Waals surface area contributed by atoms with Gasteiger partial charge in [0, 0.05) is 11.4 Å². The van der Waals surface area contributed by atoms with Crippen LogP contribution in [0.25, 0.3) is 0 Å². The Bertz CT molecular complexity index is 688. The number of carbonyl (C=O) groups excluding carboxylic acids is 2. The van der Waals surface area contributed by atoms with Gasteiger partial charge >= 0.3 is 5.97 Å². The number of aliphatic hydroxyl groups excluding tert-OH is 1. The topological polar surface area (TPSA) is 75.6 Å². The SMILES string of the molecule is COC(=O)[C@H](Cc1ccc(Cl)cc1)NC(=O)[C@@H](O)c1ccccc1. The summed E-state index contributed by atoms with van der Waals surface area (Å²) in [5, 5.41) is 13.2. The quantitative estimate of drug-likeness (QED) is 0.786. The molecule has 126 valence electrons. The van der Waals surface area contributed by atoms with Crippen molar-refractivity contribution < 1.29 is 19.4 Å². The van der Waals surface area contributed by atoms with Crippen LogP contribution in [0.1, 0.15) is 17.2 Å². The minimum atomic E-state index is -1.36. The zero-order valence-electron chi connectivity index (χ0n) is 13.1. The predicted octanol–water partition coefficient (Wildman–Crippen LogP) is 2.27. The number of hydrogen-bond acceptors (Lipinski definition) is 4. The molecule has 0 saturated heterocycles. The van der Waals surface area contributed by atoms with E-state index >= 15 is 0 Å². The Hall–Kier alpha value is -2.37. The van der Waals surface area contributed by atoms with E-state index in [-0.39, 0.29) is 6.42 Å². The van der Waals surface area contributed by atoms with Crippen LogP contribution in [0, 0.1) is 0 Å². The third-order valence-corrected chi connectivity index (χ3v) is 3.77.